The molecule has 2 atom stereocenters. The zero-order valence-corrected chi connectivity index (χ0v) is 14.8. The number of benzene rings is 1. The van der Waals surface area contributed by atoms with Gasteiger partial charge in [-0.2, -0.15) is 0 Å². The maximum atomic E-state index is 10.3. The van der Waals surface area contributed by atoms with E-state index in [1.807, 2.05) is 6.07 Å². The maximum Gasteiger partial charge on any atom is 0.224 e. The van der Waals surface area contributed by atoms with Crippen LogP contribution in [-0.4, -0.2) is 65.4 Å². The van der Waals surface area contributed by atoms with Gasteiger partial charge in [0, 0.05) is 37.9 Å². The number of hydrogen-bond acceptors (Lipinski definition) is 6. The standard InChI is InChI=1S/C19H26N4O2/c1-25-19-15-12-14(6-7-16(15)20-13-21-19)22-8-10-23(11-9-22)17-4-2-3-5-18(17)24/h6-7,12-13,17-18,24H,2-5,8-11H2,1H3. The van der Waals surface area contributed by atoms with Crippen LogP contribution in [0.25, 0.3) is 10.9 Å². The summed E-state index contributed by atoms with van der Waals surface area (Å²) in [4.78, 5) is 13.4. The summed E-state index contributed by atoms with van der Waals surface area (Å²) in [5.74, 6) is 0.621. The van der Waals surface area contributed by atoms with Gasteiger partial charge in [-0.3, -0.25) is 4.90 Å². The fourth-order valence-electron chi connectivity index (χ4n) is 4.21. The van der Waals surface area contributed by atoms with Gasteiger partial charge < -0.3 is 14.7 Å². The summed E-state index contributed by atoms with van der Waals surface area (Å²) in [6, 6.07) is 6.63. The first-order valence-corrected chi connectivity index (χ1v) is 9.22. The molecule has 0 amide bonds. The van der Waals surface area contributed by atoms with Crippen LogP contribution in [0.3, 0.4) is 0 Å². The second-order valence-electron chi connectivity index (χ2n) is 7.03. The van der Waals surface area contributed by atoms with Crippen LogP contribution < -0.4 is 9.64 Å². The topological polar surface area (TPSA) is 61.7 Å². The van der Waals surface area contributed by atoms with Crippen molar-refractivity contribution in [3.05, 3.63) is 24.5 Å². The van der Waals surface area contributed by atoms with E-state index in [0.717, 1.165) is 49.9 Å². The van der Waals surface area contributed by atoms with Crippen molar-refractivity contribution in [1.29, 1.82) is 0 Å². The predicted molar refractivity (Wildman–Crippen MR) is 98.1 cm³/mol. The Bertz CT molecular complexity index is 730. The SMILES string of the molecule is COc1ncnc2ccc(N3CCN(C4CCCCC4O)CC3)cc12. The number of rotatable bonds is 3. The van der Waals surface area contributed by atoms with Gasteiger partial charge in [-0.1, -0.05) is 12.8 Å². The largest absolute Gasteiger partial charge is 0.480 e. The average molecular weight is 342 g/mol. The number of aromatic nitrogens is 2. The van der Waals surface area contributed by atoms with Crippen LogP contribution in [0.15, 0.2) is 24.5 Å². The number of anilines is 1. The second kappa shape index (κ2) is 7.14. The van der Waals surface area contributed by atoms with Crippen LogP contribution in [0.4, 0.5) is 5.69 Å². The molecule has 2 aromatic rings. The molecule has 2 fully saturated rings. The molecule has 6 heteroatoms. The Kier molecular flexibility index (Phi) is 4.72. The second-order valence-corrected chi connectivity index (χ2v) is 7.03. The molecule has 1 saturated heterocycles. The van der Waals surface area contributed by atoms with Crippen molar-refractivity contribution in [2.24, 2.45) is 0 Å². The molecule has 0 bridgehead atoms. The normalized spacial score (nSPS) is 25.3. The third-order valence-electron chi connectivity index (χ3n) is 5.62. The summed E-state index contributed by atoms with van der Waals surface area (Å²) in [7, 11) is 1.64. The van der Waals surface area contributed by atoms with Gasteiger partial charge in [-0.05, 0) is 31.0 Å². The lowest BCUT2D eigenvalue weighted by Gasteiger charge is -2.43. The van der Waals surface area contributed by atoms with Gasteiger partial charge in [-0.25, -0.2) is 9.97 Å². The number of aliphatic hydroxyl groups excluding tert-OH is 1. The first kappa shape index (κ1) is 16.5. The molecule has 2 heterocycles. The Balaban J connectivity index is 1.48. The number of ether oxygens (including phenoxy) is 1. The van der Waals surface area contributed by atoms with Crippen LogP contribution in [0.1, 0.15) is 25.7 Å². The molecule has 4 rings (SSSR count). The number of piperazine rings is 1. The molecular formula is C19H26N4O2. The van der Waals surface area contributed by atoms with Crippen molar-refractivity contribution in [1.82, 2.24) is 14.9 Å². The Morgan fingerprint density at radius 3 is 2.64 bits per heavy atom. The molecule has 1 saturated carbocycles. The summed E-state index contributed by atoms with van der Waals surface area (Å²) >= 11 is 0. The van der Waals surface area contributed by atoms with Crippen molar-refractivity contribution >= 4 is 16.6 Å². The van der Waals surface area contributed by atoms with E-state index in [2.05, 4.69) is 31.9 Å². The summed E-state index contributed by atoms with van der Waals surface area (Å²) < 4.78 is 5.37. The minimum Gasteiger partial charge on any atom is -0.480 e. The van der Waals surface area contributed by atoms with Gasteiger partial charge in [0.15, 0.2) is 0 Å². The van der Waals surface area contributed by atoms with Crippen molar-refractivity contribution < 1.29 is 9.84 Å². The van der Waals surface area contributed by atoms with E-state index >= 15 is 0 Å². The van der Waals surface area contributed by atoms with Gasteiger partial charge >= 0.3 is 0 Å². The van der Waals surface area contributed by atoms with Crippen LogP contribution in [0.5, 0.6) is 5.88 Å². The molecule has 1 aliphatic heterocycles. The highest BCUT2D eigenvalue weighted by molar-refractivity contribution is 5.86. The molecule has 134 valence electrons. The molecule has 0 radical (unpaired) electrons. The minimum atomic E-state index is -0.151. The number of hydrogen-bond donors (Lipinski definition) is 1. The summed E-state index contributed by atoms with van der Waals surface area (Å²) in [5.41, 5.74) is 2.09. The summed E-state index contributed by atoms with van der Waals surface area (Å²) in [6.07, 6.45) is 5.88. The molecule has 6 nitrogen and oxygen atoms in total. The molecule has 25 heavy (non-hydrogen) atoms. The number of methoxy groups -OCH3 is 1. The van der Waals surface area contributed by atoms with E-state index in [0.29, 0.717) is 11.9 Å². The zero-order chi connectivity index (χ0) is 17.2. The van der Waals surface area contributed by atoms with Crippen molar-refractivity contribution in [3.63, 3.8) is 0 Å². The van der Waals surface area contributed by atoms with E-state index in [-0.39, 0.29) is 6.10 Å². The Morgan fingerprint density at radius 2 is 1.88 bits per heavy atom. The lowest BCUT2D eigenvalue weighted by Crippen LogP contribution is -2.54. The zero-order valence-electron chi connectivity index (χ0n) is 14.8. The molecule has 1 N–H and O–H groups in total. The van der Waals surface area contributed by atoms with Gasteiger partial charge in [0.1, 0.15) is 6.33 Å². The first-order chi connectivity index (χ1) is 12.3. The lowest BCUT2D eigenvalue weighted by atomic mass is 9.91. The third kappa shape index (κ3) is 3.28. The Hall–Kier alpha value is -1.92. The van der Waals surface area contributed by atoms with Crippen LogP contribution >= 0.6 is 0 Å². The average Bonchev–Trinajstić information content (AvgIpc) is 2.67. The van der Waals surface area contributed by atoms with Gasteiger partial charge in [0.05, 0.1) is 24.1 Å². The van der Waals surface area contributed by atoms with Crippen molar-refractivity contribution in [2.75, 3.05) is 38.2 Å². The molecule has 1 aromatic heterocycles. The highest BCUT2D eigenvalue weighted by atomic mass is 16.5. The molecule has 1 aromatic carbocycles. The van der Waals surface area contributed by atoms with Crippen LogP contribution in [0, 0.1) is 0 Å². The molecule has 2 unspecified atom stereocenters. The Labute approximate surface area is 148 Å². The highest BCUT2D eigenvalue weighted by Gasteiger charge is 2.30. The van der Waals surface area contributed by atoms with E-state index in [4.69, 9.17) is 4.74 Å². The van der Waals surface area contributed by atoms with Crippen molar-refractivity contribution in [3.8, 4) is 5.88 Å². The molecular weight excluding hydrogens is 316 g/mol. The maximum absolute atomic E-state index is 10.3. The van der Waals surface area contributed by atoms with E-state index in [1.165, 1.54) is 24.9 Å². The predicted octanol–water partition coefficient (Wildman–Crippen LogP) is 2.06. The smallest absolute Gasteiger partial charge is 0.224 e. The summed E-state index contributed by atoms with van der Waals surface area (Å²) in [6.45, 7) is 3.96. The number of aliphatic hydroxyl groups is 1. The third-order valence-corrected chi connectivity index (χ3v) is 5.62. The van der Waals surface area contributed by atoms with Gasteiger partial charge in [0.25, 0.3) is 0 Å². The number of nitrogens with zero attached hydrogens (tertiary/aromatic N) is 4. The first-order valence-electron chi connectivity index (χ1n) is 9.22. The van der Waals surface area contributed by atoms with Crippen LogP contribution in [-0.2, 0) is 0 Å². The fourth-order valence-corrected chi connectivity index (χ4v) is 4.21. The molecule has 0 spiro atoms. The minimum absolute atomic E-state index is 0.151. The monoisotopic (exact) mass is 342 g/mol. The number of fused-ring (bicyclic) bond motifs is 1. The fraction of sp³-hybridized carbons (Fsp3) is 0.579. The molecule has 2 aliphatic rings. The van der Waals surface area contributed by atoms with Gasteiger partial charge in [0.2, 0.25) is 5.88 Å². The highest BCUT2D eigenvalue weighted by Crippen LogP contribution is 2.29. The van der Waals surface area contributed by atoms with E-state index in [9.17, 15) is 5.11 Å². The van der Waals surface area contributed by atoms with Crippen molar-refractivity contribution in [2.45, 2.75) is 37.8 Å². The quantitative estimate of drug-likeness (QED) is 0.921. The van der Waals surface area contributed by atoms with Gasteiger partial charge in [-0.15, -0.1) is 0 Å². The Morgan fingerprint density at radius 1 is 1.08 bits per heavy atom. The summed E-state index contributed by atoms with van der Waals surface area (Å²) in [5, 5.41) is 11.2. The lowest BCUT2D eigenvalue weighted by molar-refractivity contribution is 0.0173. The van der Waals surface area contributed by atoms with E-state index < -0.39 is 0 Å². The van der Waals surface area contributed by atoms with E-state index in [1.54, 1.807) is 7.11 Å². The molecule has 1 aliphatic carbocycles. The van der Waals surface area contributed by atoms with Crippen LogP contribution in [0.2, 0.25) is 0 Å².